The predicted octanol–water partition coefficient (Wildman–Crippen LogP) is 6.71. The lowest BCUT2D eigenvalue weighted by Gasteiger charge is -2.25. The summed E-state index contributed by atoms with van der Waals surface area (Å²) in [4.78, 5) is 4.16. The first-order valence-corrected chi connectivity index (χ1v) is 10.3. The van der Waals surface area contributed by atoms with E-state index in [9.17, 15) is 0 Å². The van der Waals surface area contributed by atoms with Crippen molar-refractivity contribution in [1.29, 1.82) is 0 Å². The third-order valence-corrected chi connectivity index (χ3v) is 5.95. The minimum Gasteiger partial charge on any atom is -0.397 e. The first kappa shape index (κ1) is 17.7. The Morgan fingerprint density at radius 3 is 2.55 bits per heavy atom. The molecule has 0 radical (unpaired) electrons. The summed E-state index contributed by atoms with van der Waals surface area (Å²) >= 11 is 0. The van der Waals surface area contributed by atoms with Gasteiger partial charge in [-0.25, -0.2) is 0 Å². The highest BCUT2D eigenvalue weighted by molar-refractivity contribution is 5.93. The molecule has 0 amide bonds. The molecule has 0 spiro atoms. The zero-order valence-electron chi connectivity index (χ0n) is 16.4. The van der Waals surface area contributed by atoms with E-state index in [2.05, 4.69) is 53.5 Å². The summed E-state index contributed by atoms with van der Waals surface area (Å²) in [6.07, 6.45) is 11.4. The molecule has 6 rings (SSSR count). The molecule has 2 nitrogen and oxygen atoms in total. The summed E-state index contributed by atoms with van der Waals surface area (Å²) in [6, 6.07) is 23.1. The number of para-hydroxylation sites is 1. The standard InChI is InChI=1S/C18H16.C9H8N2/c1-3-7-15-13(5-1)9-11-18-16-8-4-2-6-14(16)10-12-17(15)18;10-8-5-1-3-7-4-2-6-11-9(7)8/h1,3-5,7-9,11H,2,6,10,12H2;1-6H,10H2. The summed E-state index contributed by atoms with van der Waals surface area (Å²) in [6.45, 7) is 0. The second kappa shape index (κ2) is 7.56. The van der Waals surface area contributed by atoms with Crippen LogP contribution >= 0.6 is 0 Å². The molecule has 0 unspecified atom stereocenters. The van der Waals surface area contributed by atoms with Crippen molar-refractivity contribution in [1.82, 2.24) is 4.98 Å². The number of aryl methyl sites for hydroxylation is 1. The van der Waals surface area contributed by atoms with Gasteiger partial charge >= 0.3 is 0 Å². The van der Waals surface area contributed by atoms with E-state index in [1.54, 1.807) is 17.3 Å². The van der Waals surface area contributed by atoms with Gasteiger partial charge in [-0.1, -0.05) is 72.3 Å². The smallest absolute Gasteiger partial charge is 0.0931 e. The molecule has 2 aliphatic carbocycles. The van der Waals surface area contributed by atoms with Crippen LogP contribution in [0.1, 0.15) is 30.4 Å². The van der Waals surface area contributed by atoms with Crippen LogP contribution in [0.2, 0.25) is 0 Å². The average Bonchev–Trinajstić information content (AvgIpc) is 2.79. The van der Waals surface area contributed by atoms with Crippen LogP contribution in [-0.2, 0) is 6.42 Å². The van der Waals surface area contributed by atoms with E-state index in [-0.39, 0.29) is 0 Å². The molecule has 0 aliphatic heterocycles. The minimum absolute atomic E-state index is 0.739. The van der Waals surface area contributed by atoms with Crippen molar-refractivity contribution in [3.63, 3.8) is 0 Å². The molecule has 0 saturated heterocycles. The van der Waals surface area contributed by atoms with E-state index < -0.39 is 0 Å². The lowest BCUT2D eigenvalue weighted by molar-refractivity contribution is 0.831. The Morgan fingerprint density at radius 1 is 0.759 bits per heavy atom. The van der Waals surface area contributed by atoms with Crippen LogP contribution in [0, 0.1) is 0 Å². The largest absolute Gasteiger partial charge is 0.397 e. The normalized spacial score (nSPS) is 14.9. The molecule has 4 aromatic rings. The summed E-state index contributed by atoms with van der Waals surface area (Å²) in [5.41, 5.74) is 13.5. The van der Waals surface area contributed by atoms with Crippen LogP contribution in [-0.4, -0.2) is 4.98 Å². The van der Waals surface area contributed by atoms with Crippen LogP contribution in [0.4, 0.5) is 5.69 Å². The molecule has 2 aliphatic rings. The van der Waals surface area contributed by atoms with Gasteiger partial charge in [-0.3, -0.25) is 4.98 Å². The van der Waals surface area contributed by atoms with Gasteiger partial charge in [0.05, 0.1) is 11.2 Å². The maximum atomic E-state index is 5.69. The fraction of sp³-hybridized carbons (Fsp3) is 0.148. The lowest BCUT2D eigenvalue weighted by atomic mass is 9.80. The quantitative estimate of drug-likeness (QED) is 0.347. The molecule has 3 aromatic carbocycles. The molecule has 0 saturated carbocycles. The van der Waals surface area contributed by atoms with Crippen LogP contribution in [0.3, 0.4) is 0 Å². The Labute approximate surface area is 171 Å². The summed E-state index contributed by atoms with van der Waals surface area (Å²) < 4.78 is 0. The molecule has 2 N–H and O–H groups in total. The van der Waals surface area contributed by atoms with Gasteiger partial charge < -0.3 is 5.73 Å². The highest BCUT2D eigenvalue weighted by Crippen LogP contribution is 2.39. The molecular weight excluding hydrogens is 352 g/mol. The summed E-state index contributed by atoms with van der Waals surface area (Å²) in [5.74, 6) is 0. The van der Waals surface area contributed by atoms with Crippen LogP contribution < -0.4 is 5.73 Å². The summed E-state index contributed by atoms with van der Waals surface area (Å²) in [5, 5.41) is 3.91. The van der Waals surface area contributed by atoms with Gasteiger partial charge in [0.1, 0.15) is 0 Å². The maximum Gasteiger partial charge on any atom is 0.0931 e. The number of hydrogen-bond acceptors (Lipinski definition) is 2. The molecule has 1 heterocycles. The second-order valence-corrected chi connectivity index (χ2v) is 7.69. The SMILES string of the molecule is C1=CC2=C(CC1)CCc1c2ccc2ccccc12.Nc1cccc2cccnc12. The molecule has 142 valence electrons. The predicted molar refractivity (Wildman–Crippen MR) is 124 cm³/mol. The highest BCUT2D eigenvalue weighted by atomic mass is 14.7. The number of nitrogens with two attached hydrogens (primary N) is 1. The number of nitrogen functional groups attached to an aromatic ring is 1. The van der Waals surface area contributed by atoms with Crippen LogP contribution in [0.15, 0.2) is 90.7 Å². The van der Waals surface area contributed by atoms with Gasteiger partial charge in [-0.05, 0) is 65.3 Å². The molecular formula is C27H24N2. The van der Waals surface area contributed by atoms with Crippen molar-refractivity contribution in [3.8, 4) is 0 Å². The Kier molecular flexibility index (Phi) is 4.61. The fourth-order valence-corrected chi connectivity index (χ4v) is 4.51. The lowest BCUT2D eigenvalue weighted by Crippen LogP contribution is -2.06. The van der Waals surface area contributed by atoms with Crippen LogP contribution in [0.5, 0.6) is 0 Å². The second-order valence-electron chi connectivity index (χ2n) is 7.69. The van der Waals surface area contributed by atoms with Gasteiger partial charge in [0.25, 0.3) is 0 Å². The Hall–Kier alpha value is -3.39. The number of rotatable bonds is 0. The van der Waals surface area contributed by atoms with Crippen molar-refractivity contribution in [2.45, 2.75) is 25.7 Å². The monoisotopic (exact) mass is 376 g/mol. The number of pyridine rings is 1. The zero-order valence-corrected chi connectivity index (χ0v) is 16.4. The first-order valence-electron chi connectivity index (χ1n) is 10.3. The molecule has 29 heavy (non-hydrogen) atoms. The number of benzene rings is 3. The van der Waals surface area contributed by atoms with Gasteiger partial charge in [0.2, 0.25) is 0 Å². The zero-order chi connectivity index (χ0) is 19.6. The van der Waals surface area contributed by atoms with E-state index in [4.69, 9.17) is 5.73 Å². The van der Waals surface area contributed by atoms with Gasteiger partial charge in [0.15, 0.2) is 0 Å². The third-order valence-electron chi connectivity index (χ3n) is 5.95. The molecule has 1 aromatic heterocycles. The number of nitrogens with zero attached hydrogens (tertiary/aromatic N) is 1. The Bertz CT molecular complexity index is 1260. The van der Waals surface area contributed by atoms with Crippen molar-refractivity contribution in [2.24, 2.45) is 0 Å². The molecule has 2 heteroatoms. The maximum absolute atomic E-state index is 5.69. The van der Waals surface area contributed by atoms with E-state index in [0.29, 0.717) is 0 Å². The average molecular weight is 377 g/mol. The van der Waals surface area contributed by atoms with Crippen molar-refractivity contribution in [2.75, 3.05) is 5.73 Å². The van der Waals surface area contributed by atoms with E-state index in [1.807, 2.05) is 30.3 Å². The minimum atomic E-state index is 0.739. The third kappa shape index (κ3) is 3.31. The summed E-state index contributed by atoms with van der Waals surface area (Å²) in [7, 11) is 0. The number of hydrogen-bond donors (Lipinski definition) is 1. The number of allylic oxidation sites excluding steroid dienone is 4. The van der Waals surface area contributed by atoms with Gasteiger partial charge in [-0.2, -0.15) is 0 Å². The molecule has 0 atom stereocenters. The Balaban J connectivity index is 0.000000142. The molecule has 0 fully saturated rings. The number of fused-ring (bicyclic) bond motifs is 5. The fourth-order valence-electron chi connectivity index (χ4n) is 4.51. The van der Waals surface area contributed by atoms with Crippen LogP contribution in [0.25, 0.3) is 27.2 Å². The first-order chi connectivity index (χ1) is 14.3. The van der Waals surface area contributed by atoms with Gasteiger partial charge in [0, 0.05) is 11.6 Å². The molecule has 0 bridgehead atoms. The Morgan fingerprint density at radius 2 is 1.62 bits per heavy atom. The van der Waals surface area contributed by atoms with E-state index in [0.717, 1.165) is 16.6 Å². The van der Waals surface area contributed by atoms with Crippen molar-refractivity contribution in [3.05, 3.63) is 102 Å². The topological polar surface area (TPSA) is 38.9 Å². The van der Waals surface area contributed by atoms with Gasteiger partial charge in [-0.15, -0.1) is 0 Å². The number of anilines is 1. The van der Waals surface area contributed by atoms with Crippen molar-refractivity contribution < 1.29 is 0 Å². The van der Waals surface area contributed by atoms with E-state index >= 15 is 0 Å². The van der Waals surface area contributed by atoms with E-state index in [1.165, 1.54) is 47.6 Å². The number of aromatic nitrogens is 1. The van der Waals surface area contributed by atoms with Crippen molar-refractivity contribution >= 4 is 32.9 Å². The highest BCUT2D eigenvalue weighted by Gasteiger charge is 2.20.